The highest BCUT2D eigenvalue weighted by Gasteiger charge is 2.26. The van der Waals surface area contributed by atoms with Gasteiger partial charge in [0.05, 0.1) is 11.6 Å². The molecule has 2 saturated heterocycles. The molecule has 2 aliphatic rings. The van der Waals surface area contributed by atoms with Gasteiger partial charge in [0.25, 0.3) is 5.91 Å². The van der Waals surface area contributed by atoms with E-state index in [1.165, 1.54) is 22.3 Å². The van der Waals surface area contributed by atoms with Gasteiger partial charge in [0.2, 0.25) is 0 Å². The van der Waals surface area contributed by atoms with E-state index < -0.39 is 0 Å². The van der Waals surface area contributed by atoms with Crippen molar-refractivity contribution in [1.82, 2.24) is 19.7 Å². The largest absolute Gasteiger partial charge is 0.369 e. The molecule has 1 atom stereocenters. The number of piperidine rings is 1. The van der Waals surface area contributed by atoms with Crippen LogP contribution in [0.3, 0.4) is 0 Å². The van der Waals surface area contributed by atoms with E-state index in [2.05, 4.69) is 90.1 Å². The number of amides is 1. The fourth-order valence-electron chi connectivity index (χ4n) is 7.58. The zero-order valence-corrected chi connectivity index (χ0v) is 31.8. The Balaban J connectivity index is 1.08. The molecule has 0 N–H and O–H groups in total. The van der Waals surface area contributed by atoms with E-state index in [-0.39, 0.29) is 11.9 Å². The number of anilines is 1. The minimum atomic E-state index is -0.125. The number of carbonyl (C=O) groups is 2. The lowest BCUT2D eigenvalue weighted by atomic mass is 9.91. The number of likely N-dealkylation sites (N-methyl/N-ethyl adjacent to an activating group) is 1. The summed E-state index contributed by atoms with van der Waals surface area (Å²) in [4.78, 5) is 39.1. The summed E-state index contributed by atoms with van der Waals surface area (Å²) in [5.41, 5.74) is 8.98. The molecule has 3 heterocycles. The van der Waals surface area contributed by atoms with Crippen LogP contribution in [-0.2, 0) is 0 Å². The van der Waals surface area contributed by atoms with Crippen LogP contribution in [-0.4, -0.2) is 97.3 Å². The van der Waals surface area contributed by atoms with E-state index in [1.54, 1.807) is 11.0 Å². The van der Waals surface area contributed by atoms with Gasteiger partial charge in [-0.15, -0.1) is 0 Å². The Kier molecular flexibility index (Phi) is 13.3. The number of rotatable bonds is 12. The van der Waals surface area contributed by atoms with E-state index in [0.29, 0.717) is 23.0 Å². The summed E-state index contributed by atoms with van der Waals surface area (Å²) in [7, 11) is 1.82. The van der Waals surface area contributed by atoms with Crippen molar-refractivity contribution in [1.29, 1.82) is 0 Å². The number of piperazine rings is 1. The predicted octanol–water partition coefficient (Wildman–Crippen LogP) is 7.70. The molecular formula is C44H57N5O2. The molecule has 270 valence electrons. The molecule has 51 heavy (non-hydrogen) atoms. The number of benzene rings is 2. The number of aromatic nitrogens is 1. The molecule has 0 saturated carbocycles. The number of likely N-dealkylation sites (tertiary alicyclic amines) is 1. The van der Waals surface area contributed by atoms with Crippen LogP contribution >= 0.6 is 0 Å². The molecule has 2 fully saturated rings. The SMILES string of the molecule is C=C(C)C(CCC)N(C)C(=O)c1cc(N2CCN(CCN3CCC(C#Cc4ccc(-c5cnccc5C(C)C)c(C)c4)CC3)CC2)ccc1C=O. The Labute approximate surface area is 306 Å². The van der Waals surface area contributed by atoms with Crippen molar-refractivity contribution < 1.29 is 9.59 Å². The van der Waals surface area contributed by atoms with Gasteiger partial charge in [-0.25, -0.2) is 0 Å². The van der Waals surface area contributed by atoms with E-state index in [4.69, 9.17) is 0 Å². The molecule has 1 aromatic heterocycles. The lowest BCUT2D eigenvalue weighted by Gasteiger charge is -2.38. The van der Waals surface area contributed by atoms with Crippen molar-refractivity contribution in [3.8, 4) is 23.0 Å². The van der Waals surface area contributed by atoms with Gasteiger partial charge in [-0.2, -0.15) is 0 Å². The van der Waals surface area contributed by atoms with E-state index in [9.17, 15) is 9.59 Å². The van der Waals surface area contributed by atoms with Crippen molar-refractivity contribution in [3.05, 3.63) is 94.8 Å². The molecule has 2 aliphatic heterocycles. The number of aryl methyl sites for hydroxylation is 1. The van der Waals surface area contributed by atoms with Gasteiger partial charge in [0.15, 0.2) is 6.29 Å². The lowest BCUT2D eigenvalue weighted by Crippen LogP contribution is -2.49. The summed E-state index contributed by atoms with van der Waals surface area (Å²) >= 11 is 0. The molecule has 1 unspecified atom stereocenters. The number of nitrogens with zero attached hydrogens (tertiary/aromatic N) is 5. The Hall–Kier alpha value is -4.25. The van der Waals surface area contributed by atoms with Crippen LogP contribution in [0.4, 0.5) is 5.69 Å². The van der Waals surface area contributed by atoms with Crippen LogP contribution in [0.1, 0.15) is 96.7 Å². The highest BCUT2D eigenvalue weighted by atomic mass is 16.2. The second-order valence-corrected chi connectivity index (χ2v) is 14.8. The first-order valence-corrected chi connectivity index (χ1v) is 18.9. The average Bonchev–Trinajstić information content (AvgIpc) is 3.15. The van der Waals surface area contributed by atoms with Crippen LogP contribution < -0.4 is 4.90 Å². The molecule has 0 aliphatic carbocycles. The third-order valence-corrected chi connectivity index (χ3v) is 10.8. The molecule has 5 rings (SSSR count). The number of carbonyl (C=O) groups excluding carboxylic acids is 2. The van der Waals surface area contributed by atoms with Crippen molar-refractivity contribution >= 4 is 17.9 Å². The van der Waals surface area contributed by atoms with Gasteiger partial charge in [-0.05, 0) is 105 Å². The number of pyridine rings is 1. The molecule has 7 nitrogen and oxygen atoms in total. The van der Waals surface area contributed by atoms with Crippen LogP contribution in [0.2, 0.25) is 0 Å². The first kappa shape index (κ1) is 38.0. The Bertz CT molecular complexity index is 1740. The summed E-state index contributed by atoms with van der Waals surface area (Å²) < 4.78 is 0. The van der Waals surface area contributed by atoms with Crippen molar-refractivity contribution in [3.63, 3.8) is 0 Å². The quantitative estimate of drug-likeness (QED) is 0.111. The van der Waals surface area contributed by atoms with E-state index in [1.807, 2.05) is 38.5 Å². The minimum absolute atomic E-state index is 0.0440. The zero-order valence-electron chi connectivity index (χ0n) is 31.8. The van der Waals surface area contributed by atoms with Gasteiger partial charge >= 0.3 is 0 Å². The summed E-state index contributed by atoms with van der Waals surface area (Å²) in [5.74, 6) is 7.84. The van der Waals surface area contributed by atoms with Gasteiger partial charge in [-0.1, -0.05) is 57.3 Å². The fraction of sp³-hybridized carbons (Fsp3) is 0.477. The minimum Gasteiger partial charge on any atom is -0.369 e. The summed E-state index contributed by atoms with van der Waals surface area (Å²) in [6, 6.07) is 14.4. The van der Waals surface area contributed by atoms with Gasteiger partial charge < -0.3 is 14.7 Å². The maximum Gasteiger partial charge on any atom is 0.254 e. The van der Waals surface area contributed by atoms with Crippen LogP contribution in [0.25, 0.3) is 11.1 Å². The average molecular weight is 688 g/mol. The maximum atomic E-state index is 13.6. The van der Waals surface area contributed by atoms with Crippen molar-refractivity contribution in [2.75, 3.05) is 64.3 Å². The normalized spacial score (nSPS) is 16.4. The highest BCUT2D eigenvalue weighted by molar-refractivity contribution is 6.02. The second-order valence-electron chi connectivity index (χ2n) is 14.8. The summed E-state index contributed by atoms with van der Waals surface area (Å²) in [6.45, 7) is 22.9. The Morgan fingerprint density at radius 2 is 1.71 bits per heavy atom. The van der Waals surface area contributed by atoms with E-state index >= 15 is 0 Å². The molecule has 0 bridgehead atoms. The van der Waals surface area contributed by atoms with Crippen molar-refractivity contribution in [2.24, 2.45) is 5.92 Å². The van der Waals surface area contributed by atoms with Crippen LogP contribution in [0.15, 0.2) is 67.0 Å². The van der Waals surface area contributed by atoms with Gasteiger partial charge in [0, 0.05) is 87.0 Å². The summed E-state index contributed by atoms with van der Waals surface area (Å²) in [5, 5.41) is 0. The molecule has 0 radical (unpaired) electrons. The first-order chi connectivity index (χ1) is 24.6. The Morgan fingerprint density at radius 1 is 1.00 bits per heavy atom. The molecule has 2 aromatic carbocycles. The van der Waals surface area contributed by atoms with Crippen LogP contribution in [0, 0.1) is 24.7 Å². The molecule has 0 spiro atoms. The number of hydrogen-bond acceptors (Lipinski definition) is 6. The fourth-order valence-corrected chi connectivity index (χ4v) is 7.58. The highest BCUT2D eigenvalue weighted by Crippen LogP contribution is 2.31. The topological polar surface area (TPSA) is 60.0 Å². The monoisotopic (exact) mass is 687 g/mol. The number of aldehydes is 1. The van der Waals surface area contributed by atoms with Crippen LogP contribution in [0.5, 0.6) is 0 Å². The van der Waals surface area contributed by atoms with Crippen molar-refractivity contribution in [2.45, 2.75) is 72.3 Å². The van der Waals surface area contributed by atoms with Gasteiger partial charge in [-0.3, -0.25) is 19.5 Å². The number of hydrogen-bond donors (Lipinski definition) is 0. The smallest absolute Gasteiger partial charge is 0.254 e. The molecular weight excluding hydrogens is 631 g/mol. The molecule has 3 aromatic rings. The standard InChI is InChI=1S/C44H57N5O2/c1-8-9-43(33(4)5)46(7)44(51)41-29-38(14-13-37(41)31-50)49-26-24-48(25-27-49)23-22-47-20-17-35(18-21-47)10-11-36-12-15-40(34(6)28-36)42-30-45-19-16-39(42)32(2)3/h12-16,19,28-32,35,43H,4,8-9,17-18,20-27H2,1-3,5-7H3. The summed E-state index contributed by atoms with van der Waals surface area (Å²) in [6.07, 6.45) is 8.70. The van der Waals surface area contributed by atoms with Gasteiger partial charge in [0.1, 0.15) is 0 Å². The zero-order chi connectivity index (χ0) is 36.5. The Morgan fingerprint density at radius 3 is 2.33 bits per heavy atom. The van der Waals surface area contributed by atoms with E-state index in [0.717, 1.165) is 101 Å². The molecule has 7 heteroatoms. The molecule has 1 amide bonds. The third kappa shape index (κ3) is 9.55. The third-order valence-electron chi connectivity index (χ3n) is 10.8. The second kappa shape index (κ2) is 17.8. The first-order valence-electron chi connectivity index (χ1n) is 18.9. The lowest BCUT2D eigenvalue weighted by molar-refractivity contribution is 0.0745. The predicted molar refractivity (Wildman–Crippen MR) is 211 cm³/mol. The maximum absolute atomic E-state index is 13.6.